The van der Waals surface area contributed by atoms with Crippen molar-refractivity contribution >= 4 is 54.4 Å². The van der Waals surface area contributed by atoms with Crippen molar-refractivity contribution in [3.8, 4) is 11.8 Å². The Kier molecular flexibility index (Phi) is 6.14. The van der Waals surface area contributed by atoms with Crippen LogP contribution in [0.4, 0.5) is 5.00 Å². The van der Waals surface area contributed by atoms with Crippen molar-refractivity contribution in [3.05, 3.63) is 42.6 Å². The average Bonchev–Trinajstić information content (AvgIpc) is 2.95. The van der Waals surface area contributed by atoms with Crippen LogP contribution in [-0.4, -0.2) is 13.3 Å². The number of rotatable bonds is 3. The molecule has 3 rings (SSSR count). The highest BCUT2D eigenvalue weighted by atomic mass is 79.9. The normalized spacial score (nSPS) is 17.0. The van der Waals surface area contributed by atoms with Gasteiger partial charge in [-0.1, -0.05) is 36.7 Å². The number of ether oxygens (including phenoxy) is 1. The molecule has 0 N–H and O–H groups in total. The van der Waals surface area contributed by atoms with Gasteiger partial charge in [0.2, 0.25) is 0 Å². The first-order valence-electron chi connectivity index (χ1n) is 8.86. The Morgan fingerprint density at radius 1 is 1.33 bits per heavy atom. The Labute approximate surface area is 181 Å². The molecule has 0 amide bonds. The average molecular weight is 510 g/mol. The number of hydrogen-bond donors (Lipinski definition) is 0. The summed E-state index contributed by atoms with van der Waals surface area (Å²) in [4.78, 5) is 6.01. The molecule has 1 atom stereocenters. The van der Waals surface area contributed by atoms with Crippen molar-refractivity contribution in [2.75, 3.05) is 7.11 Å². The van der Waals surface area contributed by atoms with Crippen molar-refractivity contribution in [1.82, 2.24) is 0 Å². The molecule has 2 aromatic rings. The van der Waals surface area contributed by atoms with Crippen molar-refractivity contribution < 1.29 is 4.74 Å². The fraction of sp³-hybridized carbons (Fsp3) is 0.429. The van der Waals surface area contributed by atoms with E-state index in [-0.39, 0.29) is 5.41 Å². The second-order valence-corrected chi connectivity index (χ2v) is 10.7. The predicted octanol–water partition coefficient (Wildman–Crippen LogP) is 7.05. The molecule has 0 bridgehead atoms. The standard InChI is InChI=1S/C21H22Br2N2OS/c1-21(2,3)13-5-6-15-16(10-24)20(27-18(15)8-13)25-11-12-7-14(22)9-17(23)19(12)26-4/h7,9,11,13H,5-6,8H2,1-4H3/t13-/m0/s1. The van der Waals surface area contributed by atoms with E-state index in [4.69, 9.17) is 4.74 Å². The van der Waals surface area contributed by atoms with Crippen LogP contribution in [-0.2, 0) is 12.8 Å². The lowest BCUT2D eigenvalue weighted by molar-refractivity contribution is 0.218. The molecular formula is C21H22Br2N2OS. The summed E-state index contributed by atoms with van der Waals surface area (Å²) >= 11 is 8.69. The molecule has 0 radical (unpaired) electrons. The Morgan fingerprint density at radius 3 is 2.70 bits per heavy atom. The van der Waals surface area contributed by atoms with Gasteiger partial charge in [0.1, 0.15) is 16.8 Å². The minimum absolute atomic E-state index is 0.286. The number of benzene rings is 1. The number of nitrogens with zero attached hydrogens (tertiary/aromatic N) is 2. The lowest BCUT2D eigenvalue weighted by atomic mass is 9.72. The number of thiophene rings is 1. The molecule has 3 nitrogen and oxygen atoms in total. The van der Waals surface area contributed by atoms with Gasteiger partial charge >= 0.3 is 0 Å². The van der Waals surface area contributed by atoms with Crippen LogP contribution in [0.15, 0.2) is 26.1 Å². The molecule has 1 heterocycles. The van der Waals surface area contributed by atoms with E-state index in [9.17, 15) is 5.26 Å². The summed E-state index contributed by atoms with van der Waals surface area (Å²) in [5.41, 5.74) is 3.10. The summed E-state index contributed by atoms with van der Waals surface area (Å²) < 4.78 is 7.29. The first-order chi connectivity index (χ1) is 12.7. The van der Waals surface area contributed by atoms with E-state index in [0.717, 1.165) is 50.1 Å². The van der Waals surface area contributed by atoms with Crippen LogP contribution >= 0.6 is 43.2 Å². The second-order valence-electron chi connectivity index (χ2n) is 7.87. The number of methoxy groups -OCH3 is 1. The molecule has 142 valence electrons. The topological polar surface area (TPSA) is 45.4 Å². The Bertz CT molecular complexity index is 935. The highest BCUT2D eigenvalue weighted by Crippen LogP contribution is 2.45. The summed E-state index contributed by atoms with van der Waals surface area (Å²) in [5, 5.41) is 10.5. The van der Waals surface area contributed by atoms with Gasteiger partial charge in [0.15, 0.2) is 0 Å². The van der Waals surface area contributed by atoms with Gasteiger partial charge in [0.25, 0.3) is 0 Å². The van der Waals surface area contributed by atoms with Gasteiger partial charge in [-0.15, -0.1) is 11.3 Å². The lowest BCUT2D eigenvalue weighted by Crippen LogP contribution is -2.26. The molecule has 1 aliphatic rings. The van der Waals surface area contributed by atoms with Crippen LogP contribution in [0.25, 0.3) is 0 Å². The maximum atomic E-state index is 9.72. The van der Waals surface area contributed by atoms with E-state index in [1.54, 1.807) is 24.7 Å². The largest absolute Gasteiger partial charge is 0.495 e. The zero-order chi connectivity index (χ0) is 19.8. The lowest BCUT2D eigenvalue weighted by Gasteiger charge is -2.33. The van der Waals surface area contributed by atoms with Crippen LogP contribution < -0.4 is 4.74 Å². The Hall–Kier alpha value is -1.16. The highest BCUT2D eigenvalue weighted by Gasteiger charge is 2.32. The van der Waals surface area contributed by atoms with E-state index in [2.05, 4.69) is 63.7 Å². The third-order valence-electron chi connectivity index (χ3n) is 5.15. The predicted molar refractivity (Wildman–Crippen MR) is 120 cm³/mol. The molecule has 0 unspecified atom stereocenters. The third-order valence-corrected chi connectivity index (χ3v) is 7.35. The molecule has 0 saturated heterocycles. The molecule has 1 aromatic carbocycles. The molecule has 0 spiro atoms. The van der Waals surface area contributed by atoms with Crippen LogP contribution in [0, 0.1) is 22.7 Å². The van der Waals surface area contributed by atoms with Gasteiger partial charge in [-0.2, -0.15) is 5.26 Å². The van der Waals surface area contributed by atoms with Gasteiger partial charge in [0, 0.05) is 21.1 Å². The quantitative estimate of drug-likeness (QED) is 0.416. The zero-order valence-electron chi connectivity index (χ0n) is 15.9. The fourth-order valence-electron chi connectivity index (χ4n) is 3.54. The number of halogens is 2. The van der Waals surface area contributed by atoms with E-state index in [0.29, 0.717) is 5.92 Å². The van der Waals surface area contributed by atoms with Crippen LogP contribution in [0.5, 0.6) is 5.75 Å². The monoisotopic (exact) mass is 508 g/mol. The van der Waals surface area contributed by atoms with Crippen molar-refractivity contribution in [3.63, 3.8) is 0 Å². The molecule has 0 aliphatic heterocycles. The number of hydrogen-bond acceptors (Lipinski definition) is 4. The summed E-state index contributed by atoms with van der Waals surface area (Å²) in [6.07, 6.45) is 4.93. The second kappa shape index (κ2) is 8.06. The van der Waals surface area contributed by atoms with Crippen LogP contribution in [0.3, 0.4) is 0 Å². The number of aliphatic imine (C=N–C) groups is 1. The zero-order valence-corrected chi connectivity index (χ0v) is 19.9. The smallest absolute Gasteiger partial charge is 0.141 e. The molecule has 27 heavy (non-hydrogen) atoms. The minimum atomic E-state index is 0.286. The molecule has 6 heteroatoms. The summed E-state index contributed by atoms with van der Waals surface area (Å²) in [6, 6.07) is 6.29. The van der Waals surface area contributed by atoms with Gasteiger partial charge in [-0.3, -0.25) is 0 Å². The molecular weight excluding hydrogens is 488 g/mol. The molecule has 1 aromatic heterocycles. The molecule has 0 fully saturated rings. The van der Waals surface area contributed by atoms with Crippen LogP contribution in [0.2, 0.25) is 0 Å². The maximum Gasteiger partial charge on any atom is 0.141 e. The summed E-state index contributed by atoms with van der Waals surface area (Å²) in [7, 11) is 1.64. The Balaban J connectivity index is 1.97. The van der Waals surface area contributed by atoms with Gasteiger partial charge in [-0.25, -0.2) is 4.99 Å². The van der Waals surface area contributed by atoms with Crippen molar-refractivity contribution in [1.29, 1.82) is 5.26 Å². The Morgan fingerprint density at radius 2 is 2.07 bits per heavy atom. The number of fused-ring (bicyclic) bond motifs is 1. The van der Waals surface area contributed by atoms with E-state index < -0.39 is 0 Å². The SMILES string of the molecule is COc1c(Br)cc(Br)cc1C=Nc1sc2c(c1C#N)CC[C@H](C(C)(C)C)C2. The summed E-state index contributed by atoms with van der Waals surface area (Å²) in [6.45, 7) is 6.91. The fourth-order valence-corrected chi connectivity index (χ4v) is 6.18. The molecule has 0 saturated carbocycles. The maximum absolute atomic E-state index is 9.72. The van der Waals surface area contributed by atoms with Crippen molar-refractivity contribution in [2.45, 2.75) is 40.0 Å². The highest BCUT2D eigenvalue weighted by molar-refractivity contribution is 9.11. The first-order valence-corrected chi connectivity index (χ1v) is 11.3. The van der Waals surface area contributed by atoms with Crippen LogP contribution in [0.1, 0.15) is 48.8 Å². The van der Waals surface area contributed by atoms with Gasteiger partial charge in [0.05, 0.1) is 17.1 Å². The van der Waals surface area contributed by atoms with Gasteiger partial charge < -0.3 is 4.74 Å². The van der Waals surface area contributed by atoms with E-state index in [1.807, 2.05) is 12.1 Å². The van der Waals surface area contributed by atoms with Gasteiger partial charge in [-0.05, 0) is 64.2 Å². The third kappa shape index (κ3) is 4.31. The first kappa shape index (κ1) is 20.6. The van der Waals surface area contributed by atoms with E-state index >= 15 is 0 Å². The van der Waals surface area contributed by atoms with Crippen molar-refractivity contribution in [2.24, 2.45) is 16.3 Å². The minimum Gasteiger partial charge on any atom is -0.495 e. The van der Waals surface area contributed by atoms with E-state index in [1.165, 1.54) is 10.4 Å². The number of nitriles is 1. The summed E-state index contributed by atoms with van der Waals surface area (Å²) in [5.74, 6) is 1.38. The molecule has 1 aliphatic carbocycles.